The summed E-state index contributed by atoms with van der Waals surface area (Å²) in [5, 5.41) is 14.6. The molecule has 2 N–H and O–H groups in total. The number of aromatic nitrogens is 5. The van der Waals surface area contributed by atoms with Gasteiger partial charge >= 0.3 is 0 Å². The standard InChI is InChI=1S/C15H16N6O/c1-8-13-11(15(22)18-10-6-16-17-7-10)5-12(9-3-4-9)19-14(13)21(2)20-8/h5-7,9H,3-4H2,1-2H3,(H,16,17)(H,18,22). The van der Waals surface area contributed by atoms with Gasteiger partial charge in [-0.05, 0) is 25.8 Å². The van der Waals surface area contributed by atoms with Gasteiger partial charge in [0.15, 0.2) is 5.65 Å². The molecule has 1 aliphatic rings. The van der Waals surface area contributed by atoms with Crippen molar-refractivity contribution in [3.05, 3.63) is 35.4 Å². The molecule has 3 aromatic heterocycles. The fraction of sp³-hybridized carbons (Fsp3) is 0.333. The van der Waals surface area contributed by atoms with Gasteiger partial charge in [-0.2, -0.15) is 10.2 Å². The Morgan fingerprint density at radius 3 is 2.95 bits per heavy atom. The number of hydrogen-bond donors (Lipinski definition) is 2. The zero-order valence-corrected chi connectivity index (χ0v) is 12.4. The number of fused-ring (bicyclic) bond motifs is 1. The van der Waals surface area contributed by atoms with Gasteiger partial charge in [0, 0.05) is 24.9 Å². The summed E-state index contributed by atoms with van der Waals surface area (Å²) in [6.45, 7) is 1.90. The molecular weight excluding hydrogens is 280 g/mol. The molecule has 1 amide bonds. The van der Waals surface area contributed by atoms with Crippen LogP contribution in [0.25, 0.3) is 11.0 Å². The highest BCUT2D eigenvalue weighted by Crippen LogP contribution is 2.40. The Labute approximate surface area is 126 Å². The molecule has 22 heavy (non-hydrogen) atoms. The fourth-order valence-electron chi connectivity index (χ4n) is 2.75. The van der Waals surface area contributed by atoms with Crippen LogP contribution in [-0.4, -0.2) is 30.9 Å². The summed E-state index contributed by atoms with van der Waals surface area (Å²) in [4.78, 5) is 17.4. The van der Waals surface area contributed by atoms with Gasteiger partial charge in [0.2, 0.25) is 0 Å². The van der Waals surface area contributed by atoms with E-state index in [9.17, 15) is 4.79 Å². The first-order valence-corrected chi connectivity index (χ1v) is 7.28. The van der Waals surface area contributed by atoms with Gasteiger partial charge in [-0.1, -0.05) is 0 Å². The summed E-state index contributed by atoms with van der Waals surface area (Å²) in [7, 11) is 1.86. The molecule has 3 heterocycles. The molecule has 4 rings (SSSR count). The predicted molar refractivity (Wildman–Crippen MR) is 81.8 cm³/mol. The predicted octanol–water partition coefficient (Wildman–Crippen LogP) is 2.13. The fourth-order valence-corrected chi connectivity index (χ4v) is 2.75. The lowest BCUT2D eigenvalue weighted by atomic mass is 10.1. The van der Waals surface area contributed by atoms with E-state index in [0.29, 0.717) is 17.2 Å². The molecule has 0 spiro atoms. The van der Waals surface area contributed by atoms with Crippen molar-refractivity contribution in [2.45, 2.75) is 25.7 Å². The molecule has 0 bridgehead atoms. The highest BCUT2D eigenvalue weighted by Gasteiger charge is 2.28. The highest BCUT2D eigenvalue weighted by molar-refractivity contribution is 6.12. The Morgan fingerprint density at radius 1 is 1.45 bits per heavy atom. The van der Waals surface area contributed by atoms with E-state index in [4.69, 9.17) is 4.98 Å². The van der Waals surface area contributed by atoms with E-state index in [1.807, 2.05) is 20.0 Å². The average Bonchev–Trinajstić information content (AvgIpc) is 3.16. The van der Waals surface area contributed by atoms with E-state index < -0.39 is 0 Å². The summed E-state index contributed by atoms with van der Waals surface area (Å²) in [6, 6.07) is 1.91. The number of amides is 1. The van der Waals surface area contributed by atoms with Crippen molar-refractivity contribution < 1.29 is 4.79 Å². The number of pyridine rings is 1. The van der Waals surface area contributed by atoms with Crippen LogP contribution < -0.4 is 5.32 Å². The number of carbonyl (C=O) groups is 1. The molecule has 7 nitrogen and oxygen atoms in total. The number of rotatable bonds is 3. The van der Waals surface area contributed by atoms with Gasteiger partial charge in [0.1, 0.15) is 0 Å². The molecular formula is C15H16N6O. The molecule has 1 saturated carbocycles. The summed E-state index contributed by atoms with van der Waals surface area (Å²) in [5.41, 5.74) is 3.82. The second-order valence-corrected chi connectivity index (χ2v) is 5.72. The van der Waals surface area contributed by atoms with E-state index in [1.54, 1.807) is 17.1 Å². The number of hydrogen-bond acceptors (Lipinski definition) is 4. The molecule has 0 aliphatic heterocycles. The van der Waals surface area contributed by atoms with Gasteiger partial charge in [-0.15, -0.1) is 0 Å². The molecule has 7 heteroatoms. The monoisotopic (exact) mass is 296 g/mol. The average molecular weight is 296 g/mol. The number of anilines is 1. The van der Waals surface area contributed by atoms with Crippen molar-refractivity contribution in [2.75, 3.05) is 5.32 Å². The maximum absolute atomic E-state index is 12.7. The molecule has 112 valence electrons. The largest absolute Gasteiger partial charge is 0.319 e. The maximum atomic E-state index is 12.7. The van der Waals surface area contributed by atoms with Crippen LogP contribution in [0.15, 0.2) is 18.5 Å². The molecule has 1 aliphatic carbocycles. The molecule has 3 aromatic rings. The second kappa shape index (κ2) is 4.66. The number of aryl methyl sites for hydroxylation is 2. The molecule has 0 atom stereocenters. The van der Waals surface area contributed by atoms with Crippen LogP contribution >= 0.6 is 0 Å². The number of nitrogens with one attached hydrogen (secondary N) is 2. The van der Waals surface area contributed by atoms with E-state index in [-0.39, 0.29) is 5.91 Å². The number of aromatic amines is 1. The van der Waals surface area contributed by atoms with E-state index in [1.165, 1.54) is 0 Å². The van der Waals surface area contributed by atoms with Gasteiger partial charge in [0.25, 0.3) is 5.91 Å². The minimum atomic E-state index is -0.160. The Hall–Kier alpha value is -2.70. The Morgan fingerprint density at radius 2 is 2.27 bits per heavy atom. The summed E-state index contributed by atoms with van der Waals surface area (Å²) in [6.07, 6.45) is 5.50. The van der Waals surface area contributed by atoms with Gasteiger partial charge in [-0.25, -0.2) is 4.98 Å². The minimum absolute atomic E-state index is 0.160. The zero-order valence-electron chi connectivity index (χ0n) is 12.4. The smallest absolute Gasteiger partial charge is 0.256 e. The second-order valence-electron chi connectivity index (χ2n) is 5.72. The highest BCUT2D eigenvalue weighted by atomic mass is 16.1. The summed E-state index contributed by atoms with van der Waals surface area (Å²) >= 11 is 0. The van der Waals surface area contributed by atoms with Crippen molar-refractivity contribution in [2.24, 2.45) is 7.05 Å². The first kappa shape index (κ1) is 13.0. The lowest BCUT2D eigenvalue weighted by molar-refractivity contribution is 0.102. The van der Waals surface area contributed by atoms with Crippen LogP contribution in [0.3, 0.4) is 0 Å². The van der Waals surface area contributed by atoms with Crippen LogP contribution in [-0.2, 0) is 7.05 Å². The molecule has 0 radical (unpaired) electrons. The van der Waals surface area contributed by atoms with Crippen molar-refractivity contribution >= 4 is 22.6 Å². The lowest BCUT2D eigenvalue weighted by Crippen LogP contribution is -2.13. The van der Waals surface area contributed by atoms with Crippen molar-refractivity contribution in [1.82, 2.24) is 25.0 Å². The molecule has 0 aromatic carbocycles. The van der Waals surface area contributed by atoms with E-state index in [2.05, 4.69) is 20.6 Å². The number of H-pyrrole nitrogens is 1. The molecule has 0 unspecified atom stereocenters. The van der Waals surface area contributed by atoms with Gasteiger partial charge in [0.05, 0.1) is 28.5 Å². The third kappa shape index (κ3) is 2.05. The third-order valence-electron chi connectivity index (χ3n) is 3.98. The van der Waals surface area contributed by atoms with Crippen molar-refractivity contribution in [3.8, 4) is 0 Å². The molecule has 0 saturated heterocycles. The van der Waals surface area contributed by atoms with Crippen molar-refractivity contribution in [3.63, 3.8) is 0 Å². The maximum Gasteiger partial charge on any atom is 0.256 e. The lowest BCUT2D eigenvalue weighted by Gasteiger charge is -2.07. The third-order valence-corrected chi connectivity index (χ3v) is 3.98. The van der Waals surface area contributed by atoms with Crippen LogP contribution in [0.4, 0.5) is 5.69 Å². The van der Waals surface area contributed by atoms with Crippen LogP contribution in [0.2, 0.25) is 0 Å². The first-order chi connectivity index (χ1) is 10.6. The Kier molecular flexibility index (Phi) is 2.75. The quantitative estimate of drug-likeness (QED) is 0.775. The van der Waals surface area contributed by atoms with Gasteiger partial charge in [-0.3, -0.25) is 14.6 Å². The summed E-state index contributed by atoms with van der Waals surface area (Å²) < 4.78 is 1.74. The van der Waals surface area contributed by atoms with E-state index in [0.717, 1.165) is 35.3 Å². The summed E-state index contributed by atoms with van der Waals surface area (Å²) in [5.74, 6) is 0.312. The Bertz CT molecular complexity index is 860. The topological polar surface area (TPSA) is 88.5 Å². The minimum Gasteiger partial charge on any atom is -0.319 e. The molecule has 1 fully saturated rings. The SMILES string of the molecule is Cc1nn(C)c2nc(C3CC3)cc(C(=O)Nc3cn[nH]c3)c12. The van der Waals surface area contributed by atoms with E-state index >= 15 is 0 Å². The number of nitrogens with zero attached hydrogens (tertiary/aromatic N) is 4. The van der Waals surface area contributed by atoms with Crippen LogP contribution in [0, 0.1) is 6.92 Å². The van der Waals surface area contributed by atoms with Crippen LogP contribution in [0.1, 0.15) is 40.5 Å². The number of carbonyl (C=O) groups excluding carboxylic acids is 1. The zero-order chi connectivity index (χ0) is 15.3. The normalized spacial score (nSPS) is 14.5. The van der Waals surface area contributed by atoms with Crippen LogP contribution in [0.5, 0.6) is 0 Å². The Balaban J connectivity index is 1.85. The first-order valence-electron chi connectivity index (χ1n) is 7.28. The van der Waals surface area contributed by atoms with Gasteiger partial charge < -0.3 is 5.32 Å². The van der Waals surface area contributed by atoms with Crippen molar-refractivity contribution in [1.29, 1.82) is 0 Å².